The van der Waals surface area contributed by atoms with Gasteiger partial charge in [-0.2, -0.15) is 0 Å². The molecule has 0 saturated heterocycles. The number of nitrogens with one attached hydrogen (secondary N) is 1. The molecule has 0 atom stereocenters. The summed E-state index contributed by atoms with van der Waals surface area (Å²) in [5, 5.41) is 3.88. The summed E-state index contributed by atoms with van der Waals surface area (Å²) in [6, 6.07) is 11.4. The Morgan fingerprint density at radius 1 is 1.03 bits per heavy atom. The quantitative estimate of drug-likeness (QED) is 0.488. The van der Waals surface area contributed by atoms with Crippen molar-refractivity contribution in [3.8, 4) is 5.75 Å². The van der Waals surface area contributed by atoms with Gasteiger partial charge in [-0.1, -0.05) is 17.7 Å². The number of carbonyl (C=O) groups is 2. The molecule has 0 aliphatic carbocycles. The van der Waals surface area contributed by atoms with Crippen molar-refractivity contribution in [2.45, 2.75) is 13.8 Å². The number of halogens is 1. The number of fused-ring (bicyclic) bond motifs is 1. The molecule has 3 aromatic rings. The average molecular weight is 416 g/mol. The van der Waals surface area contributed by atoms with Gasteiger partial charge in [0.1, 0.15) is 11.3 Å². The molecule has 1 amide bonds. The lowest BCUT2D eigenvalue weighted by Crippen LogP contribution is -2.24. The maximum absolute atomic E-state index is 12.0. The molecular weight excluding hydrogens is 398 g/mol. The van der Waals surface area contributed by atoms with Gasteiger partial charge in [-0.3, -0.25) is 4.79 Å². The van der Waals surface area contributed by atoms with E-state index in [1.165, 1.54) is 12.1 Å². The summed E-state index contributed by atoms with van der Waals surface area (Å²) in [7, 11) is 0. The Bertz CT molecular complexity index is 1140. The van der Waals surface area contributed by atoms with Crippen molar-refractivity contribution in [2.75, 3.05) is 18.5 Å². The average Bonchev–Trinajstić information content (AvgIpc) is 2.67. The minimum absolute atomic E-state index is 0.335. The molecule has 0 fully saturated rings. The van der Waals surface area contributed by atoms with Crippen molar-refractivity contribution >= 4 is 40.1 Å². The van der Waals surface area contributed by atoms with Crippen LogP contribution in [0.15, 0.2) is 51.7 Å². The van der Waals surface area contributed by atoms with Gasteiger partial charge in [-0.15, -0.1) is 0 Å². The number of ether oxygens (including phenoxy) is 2. The zero-order valence-electron chi connectivity index (χ0n) is 15.8. The van der Waals surface area contributed by atoms with Gasteiger partial charge >= 0.3 is 11.6 Å². The van der Waals surface area contributed by atoms with E-state index in [1.54, 1.807) is 37.3 Å². The van der Waals surface area contributed by atoms with E-state index < -0.39 is 30.7 Å². The first-order chi connectivity index (χ1) is 13.8. The maximum Gasteiger partial charge on any atom is 0.344 e. The Hall–Kier alpha value is -3.32. The molecule has 0 aliphatic heterocycles. The largest absolute Gasteiger partial charge is 0.482 e. The standard InChI is InChI=1S/C21H18ClNO6/c1-12-3-4-14(22)8-17(12)23-19(24)10-28-21(26)11-27-15-5-6-16-13(2)7-20(25)29-18(16)9-15/h3-9H,10-11H2,1-2H3,(H,23,24). The highest BCUT2D eigenvalue weighted by atomic mass is 35.5. The molecule has 0 radical (unpaired) electrons. The van der Waals surface area contributed by atoms with Crippen LogP contribution >= 0.6 is 11.6 Å². The predicted octanol–water partition coefficient (Wildman–Crippen LogP) is 3.62. The van der Waals surface area contributed by atoms with Gasteiger partial charge in [0.05, 0.1) is 0 Å². The van der Waals surface area contributed by atoms with Crippen LogP contribution in [0.3, 0.4) is 0 Å². The van der Waals surface area contributed by atoms with E-state index in [2.05, 4.69) is 5.32 Å². The van der Waals surface area contributed by atoms with Crippen LogP contribution < -0.4 is 15.7 Å². The zero-order valence-corrected chi connectivity index (χ0v) is 16.5. The number of anilines is 1. The second-order valence-electron chi connectivity index (χ2n) is 6.36. The maximum atomic E-state index is 12.0. The number of hydrogen-bond acceptors (Lipinski definition) is 6. The van der Waals surface area contributed by atoms with E-state index in [1.807, 2.05) is 6.92 Å². The van der Waals surface area contributed by atoms with E-state index in [9.17, 15) is 14.4 Å². The topological polar surface area (TPSA) is 94.8 Å². The SMILES string of the molecule is Cc1ccc(Cl)cc1NC(=O)COC(=O)COc1ccc2c(C)cc(=O)oc2c1. The minimum atomic E-state index is -0.714. The Morgan fingerprint density at radius 3 is 2.62 bits per heavy atom. The summed E-state index contributed by atoms with van der Waals surface area (Å²) in [5.41, 5.74) is 2.05. The first kappa shape index (κ1) is 20.4. The zero-order chi connectivity index (χ0) is 21.0. The van der Waals surface area contributed by atoms with E-state index in [4.69, 9.17) is 25.5 Å². The Morgan fingerprint density at radius 2 is 1.83 bits per heavy atom. The van der Waals surface area contributed by atoms with E-state index in [0.717, 1.165) is 16.5 Å². The molecule has 1 N–H and O–H groups in total. The van der Waals surface area contributed by atoms with Gasteiger partial charge < -0.3 is 19.2 Å². The molecule has 29 heavy (non-hydrogen) atoms. The van der Waals surface area contributed by atoms with E-state index in [-0.39, 0.29) is 0 Å². The molecule has 0 bridgehead atoms. The van der Waals surface area contributed by atoms with Crippen molar-refractivity contribution in [1.29, 1.82) is 0 Å². The van der Waals surface area contributed by atoms with Crippen molar-refractivity contribution in [3.05, 3.63) is 69.0 Å². The van der Waals surface area contributed by atoms with Crippen LogP contribution in [0.5, 0.6) is 5.75 Å². The van der Waals surface area contributed by atoms with Crippen LogP contribution in [0.1, 0.15) is 11.1 Å². The molecule has 1 aromatic heterocycles. The van der Waals surface area contributed by atoms with Crippen LogP contribution in [-0.2, 0) is 14.3 Å². The molecular formula is C21H18ClNO6. The summed E-state index contributed by atoms with van der Waals surface area (Å²) in [6.45, 7) is 2.76. The molecule has 7 nitrogen and oxygen atoms in total. The Labute approximate surface area is 171 Å². The van der Waals surface area contributed by atoms with Gasteiger partial charge in [0.15, 0.2) is 13.2 Å². The lowest BCUT2D eigenvalue weighted by Gasteiger charge is -2.10. The normalized spacial score (nSPS) is 10.6. The third-order valence-electron chi connectivity index (χ3n) is 4.12. The molecule has 3 rings (SSSR count). The van der Waals surface area contributed by atoms with Crippen LogP contribution in [0, 0.1) is 13.8 Å². The fourth-order valence-corrected chi connectivity index (χ4v) is 2.81. The summed E-state index contributed by atoms with van der Waals surface area (Å²) in [6.07, 6.45) is 0. The molecule has 0 spiro atoms. The fraction of sp³-hybridized carbons (Fsp3) is 0.190. The molecule has 0 saturated carbocycles. The molecule has 1 heterocycles. The third kappa shape index (κ3) is 5.36. The number of rotatable bonds is 6. The second-order valence-corrected chi connectivity index (χ2v) is 6.80. The van der Waals surface area contributed by atoms with Gasteiger partial charge in [0.2, 0.25) is 0 Å². The summed E-state index contributed by atoms with van der Waals surface area (Å²) in [4.78, 5) is 35.3. The van der Waals surface area contributed by atoms with Crippen molar-refractivity contribution in [2.24, 2.45) is 0 Å². The second kappa shape index (κ2) is 8.79. The monoisotopic (exact) mass is 415 g/mol. The predicted molar refractivity (Wildman–Crippen MR) is 108 cm³/mol. The number of benzene rings is 2. The Kier molecular flexibility index (Phi) is 6.19. The molecule has 150 valence electrons. The number of hydrogen-bond donors (Lipinski definition) is 1. The van der Waals surface area contributed by atoms with Gasteiger partial charge in [-0.05, 0) is 49.2 Å². The van der Waals surface area contributed by atoms with Crippen LogP contribution in [0.25, 0.3) is 11.0 Å². The summed E-state index contributed by atoms with van der Waals surface area (Å²) in [5.74, 6) is -0.873. The summed E-state index contributed by atoms with van der Waals surface area (Å²) >= 11 is 5.90. The van der Waals surface area contributed by atoms with Crippen LogP contribution in [0.4, 0.5) is 5.69 Å². The third-order valence-corrected chi connectivity index (χ3v) is 4.35. The highest BCUT2D eigenvalue weighted by Gasteiger charge is 2.11. The fourth-order valence-electron chi connectivity index (χ4n) is 2.64. The highest BCUT2D eigenvalue weighted by molar-refractivity contribution is 6.31. The van der Waals surface area contributed by atoms with Crippen molar-refractivity contribution in [1.82, 2.24) is 0 Å². The molecule has 0 aliphatic rings. The molecule has 0 unspecified atom stereocenters. The highest BCUT2D eigenvalue weighted by Crippen LogP contribution is 2.22. The minimum Gasteiger partial charge on any atom is -0.482 e. The van der Waals surface area contributed by atoms with Crippen molar-refractivity contribution < 1.29 is 23.5 Å². The smallest absolute Gasteiger partial charge is 0.344 e. The van der Waals surface area contributed by atoms with Crippen LogP contribution in [-0.4, -0.2) is 25.1 Å². The number of esters is 1. The molecule has 2 aromatic carbocycles. The lowest BCUT2D eigenvalue weighted by molar-refractivity contribution is -0.149. The molecule has 8 heteroatoms. The first-order valence-corrected chi connectivity index (χ1v) is 9.08. The number of amides is 1. The lowest BCUT2D eigenvalue weighted by atomic mass is 10.1. The van der Waals surface area contributed by atoms with E-state index >= 15 is 0 Å². The summed E-state index contributed by atoms with van der Waals surface area (Å²) < 4.78 is 15.4. The van der Waals surface area contributed by atoms with Gasteiger partial charge in [-0.25, -0.2) is 9.59 Å². The number of aryl methyl sites for hydroxylation is 2. The van der Waals surface area contributed by atoms with E-state index in [0.29, 0.717) is 22.0 Å². The first-order valence-electron chi connectivity index (χ1n) is 8.71. The van der Waals surface area contributed by atoms with Gasteiger partial charge in [0, 0.05) is 28.2 Å². The van der Waals surface area contributed by atoms with Crippen LogP contribution in [0.2, 0.25) is 5.02 Å². The van der Waals surface area contributed by atoms with Crippen molar-refractivity contribution in [3.63, 3.8) is 0 Å². The van der Waals surface area contributed by atoms with Gasteiger partial charge in [0.25, 0.3) is 5.91 Å². The number of carbonyl (C=O) groups excluding carboxylic acids is 2. The Balaban J connectivity index is 1.52.